The maximum absolute atomic E-state index is 14.4. The summed E-state index contributed by atoms with van der Waals surface area (Å²) in [7, 11) is 6.68. The fraction of sp³-hybridized carbons (Fsp3) is 0.638. The van der Waals surface area contributed by atoms with Crippen LogP contribution in [-0.4, -0.2) is 133 Å². The molecule has 1 fully saturated rings. The van der Waals surface area contributed by atoms with Crippen molar-refractivity contribution in [3.05, 3.63) is 65.7 Å². The van der Waals surface area contributed by atoms with E-state index in [1.54, 1.807) is 55.1 Å². The average Bonchev–Trinajstić information content (AvgIpc) is 3.72. The van der Waals surface area contributed by atoms with Crippen LogP contribution in [0.1, 0.15) is 85.3 Å². The van der Waals surface area contributed by atoms with Crippen LogP contribution in [0.15, 0.2) is 54.6 Å². The fourth-order valence-corrected chi connectivity index (χ4v) is 9.69. The Hall–Kier alpha value is -4.38. The monoisotopic (exact) mass is 898 g/mol. The van der Waals surface area contributed by atoms with Crippen molar-refractivity contribution in [2.75, 3.05) is 47.6 Å². The molecule has 3 rings (SSSR count). The number of nitrogens with two attached hydrogens (primary N) is 1. The first kappa shape index (κ1) is 53.0. The third-order valence-electron chi connectivity index (χ3n) is 12.4. The van der Waals surface area contributed by atoms with Gasteiger partial charge < -0.3 is 35.6 Å². The number of likely N-dealkylation sites (tertiary alicyclic amines) is 1. The van der Waals surface area contributed by atoms with Crippen LogP contribution in [0.2, 0.25) is 0 Å². The molecule has 16 heteroatoms. The summed E-state index contributed by atoms with van der Waals surface area (Å²) >= 11 is 0. The third kappa shape index (κ3) is 14.8. The minimum Gasteiger partial charge on any atom is -0.399 e. The van der Waals surface area contributed by atoms with Gasteiger partial charge in [0.1, 0.15) is 23.1 Å². The van der Waals surface area contributed by atoms with Gasteiger partial charge in [0.25, 0.3) is 5.91 Å². The number of carbonyl (C=O) groups excluding carboxylic acids is 5. The zero-order valence-corrected chi connectivity index (χ0v) is 40.4. The number of nitrogens with one attached hydrogen (secondary N) is 3. The van der Waals surface area contributed by atoms with Crippen molar-refractivity contribution >= 4 is 46.2 Å². The molecule has 0 radical (unpaired) electrons. The van der Waals surface area contributed by atoms with Gasteiger partial charge in [-0.25, -0.2) is 4.21 Å². The van der Waals surface area contributed by atoms with Gasteiger partial charge in [0.2, 0.25) is 23.6 Å². The van der Waals surface area contributed by atoms with Crippen molar-refractivity contribution in [2.45, 2.75) is 129 Å². The number of amides is 5. The molecule has 1 aliphatic rings. The minimum atomic E-state index is -1.78. The molecule has 0 aliphatic carbocycles. The van der Waals surface area contributed by atoms with Crippen molar-refractivity contribution in [1.82, 2.24) is 30.1 Å². The maximum atomic E-state index is 14.4. The van der Waals surface area contributed by atoms with E-state index in [4.69, 9.17) is 15.2 Å². The van der Waals surface area contributed by atoms with E-state index in [0.717, 1.165) is 11.1 Å². The van der Waals surface area contributed by atoms with Crippen LogP contribution in [0.3, 0.4) is 0 Å². The highest BCUT2D eigenvalue weighted by molar-refractivity contribution is 7.82. The van der Waals surface area contributed by atoms with E-state index >= 15 is 0 Å². The molecule has 1 unspecified atom stereocenters. The number of ether oxygens (including phenoxy) is 2. The van der Waals surface area contributed by atoms with Gasteiger partial charge >= 0.3 is 0 Å². The molecule has 10 atom stereocenters. The van der Waals surface area contributed by atoms with E-state index in [2.05, 4.69) is 15.4 Å². The summed E-state index contributed by atoms with van der Waals surface area (Å²) < 4.78 is 27.7. The van der Waals surface area contributed by atoms with E-state index in [0.29, 0.717) is 31.5 Å². The highest BCUT2D eigenvalue weighted by atomic mass is 32.2. The number of nitrogens with zero attached hydrogens (tertiary/aromatic N) is 3. The number of likely N-dealkylation sites (N-methyl/N-ethyl adjacent to an activating group) is 2. The Morgan fingerprint density at radius 1 is 0.841 bits per heavy atom. The Bertz CT molecular complexity index is 1810. The lowest BCUT2D eigenvalue weighted by Crippen LogP contribution is -2.59. The average molecular weight is 898 g/mol. The largest absolute Gasteiger partial charge is 0.399 e. The zero-order chi connectivity index (χ0) is 47.1. The molecule has 0 saturated carbocycles. The van der Waals surface area contributed by atoms with Gasteiger partial charge in [0.15, 0.2) is 0 Å². The maximum Gasteiger partial charge on any atom is 0.254 e. The van der Waals surface area contributed by atoms with Crippen molar-refractivity contribution in [3.8, 4) is 0 Å². The molecule has 5 N–H and O–H groups in total. The number of nitrogen functional groups attached to an aromatic ring is 1. The van der Waals surface area contributed by atoms with Gasteiger partial charge in [-0.15, -0.1) is 0 Å². The Balaban J connectivity index is 1.80. The minimum absolute atomic E-state index is 0.0231. The summed E-state index contributed by atoms with van der Waals surface area (Å²) in [4.78, 5) is 75.2. The summed E-state index contributed by atoms with van der Waals surface area (Å²) in [5, 5.41) is 5.93. The first-order chi connectivity index (χ1) is 29.7. The van der Waals surface area contributed by atoms with Crippen LogP contribution < -0.4 is 21.1 Å². The molecule has 0 bridgehead atoms. The lowest BCUT2D eigenvalue weighted by molar-refractivity contribution is -0.148. The molecule has 1 heterocycles. The topological polar surface area (TPSA) is 193 Å². The van der Waals surface area contributed by atoms with Gasteiger partial charge in [-0.3, -0.25) is 33.6 Å². The molecule has 63 heavy (non-hydrogen) atoms. The molecule has 1 saturated heterocycles. The van der Waals surface area contributed by atoms with Crippen LogP contribution >= 0.6 is 0 Å². The van der Waals surface area contributed by atoms with Gasteiger partial charge in [-0.2, -0.15) is 0 Å². The van der Waals surface area contributed by atoms with E-state index in [1.165, 1.54) is 7.11 Å². The molecule has 2 aromatic rings. The predicted molar refractivity (Wildman–Crippen MR) is 248 cm³/mol. The van der Waals surface area contributed by atoms with E-state index in [-0.39, 0.29) is 54.1 Å². The summed E-state index contributed by atoms with van der Waals surface area (Å²) in [6, 6.07) is 12.9. The number of benzene rings is 2. The molecule has 5 amide bonds. The number of anilines is 1. The van der Waals surface area contributed by atoms with Crippen LogP contribution in [0, 0.1) is 23.7 Å². The number of hydrogen-bond acceptors (Lipinski definition) is 10. The Morgan fingerprint density at radius 2 is 1.48 bits per heavy atom. The Kier molecular flexibility index (Phi) is 21.2. The van der Waals surface area contributed by atoms with Crippen molar-refractivity contribution in [3.63, 3.8) is 0 Å². The lowest BCUT2D eigenvalue weighted by atomic mass is 9.89. The van der Waals surface area contributed by atoms with Crippen molar-refractivity contribution < 1.29 is 37.7 Å². The van der Waals surface area contributed by atoms with Crippen LogP contribution in [0.25, 0.3) is 0 Å². The molecule has 1 aliphatic heterocycles. The highest BCUT2D eigenvalue weighted by Gasteiger charge is 2.43. The number of rotatable bonds is 24. The second kappa shape index (κ2) is 25.2. The predicted octanol–water partition coefficient (Wildman–Crippen LogP) is 3.92. The Morgan fingerprint density at radius 3 is 2.02 bits per heavy atom. The molecule has 2 aromatic carbocycles. The highest BCUT2D eigenvalue weighted by Crippen LogP contribution is 2.30. The van der Waals surface area contributed by atoms with Crippen LogP contribution in [-0.2, 0) is 56.6 Å². The fourth-order valence-electron chi connectivity index (χ4n) is 8.76. The van der Waals surface area contributed by atoms with E-state index < -0.39 is 71.1 Å². The van der Waals surface area contributed by atoms with Crippen molar-refractivity contribution in [1.29, 1.82) is 0 Å². The zero-order valence-electron chi connectivity index (χ0n) is 39.6. The smallest absolute Gasteiger partial charge is 0.254 e. The molecule has 15 nitrogen and oxygen atoms in total. The lowest BCUT2D eigenvalue weighted by Gasteiger charge is -2.41. The molecule has 352 valence electrons. The van der Waals surface area contributed by atoms with Gasteiger partial charge in [0.05, 0.1) is 48.4 Å². The van der Waals surface area contributed by atoms with E-state index in [9.17, 15) is 28.2 Å². The number of hydrogen-bond donors (Lipinski definition) is 4. The summed E-state index contributed by atoms with van der Waals surface area (Å²) in [5.74, 6) is -2.70. The summed E-state index contributed by atoms with van der Waals surface area (Å²) in [6.07, 6.45) is 0.705. The standard InChI is InChI=1S/C47H75N7O8S/c1-13-31(6)42(53(10)47(59)40(29(2)3)50-46(58)41(30(4)5)52(8)9)38(61-11)27-39(55)54-25-17-20-37(54)43(62-12)32(7)44(56)49-36(26-33-18-15-14-16-19-33)45(57)51-63(60)28-34-21-23-35(48)24-22-34/h14-16,18-19,21-24,29-32,36-38,40-43H,13,17,20,25-28,48H2,1-12H3,(H,49,56)(H,50,58)(H,51,57)/t31-,32+,36-,37-,38+,40-,41-,42-,43+,63?/m0/s1. The second-order valence-corrected chi connectivity index (χ2v) is 19.1. The summed E-state index contributed by atoms with van der Waals surface area (Å²) in [5.41, 5.74) is 7.89. The number of methoxy groups -OCH3 is 2. The molecule has 0 aromatic heterocycles. The quantitative estimate of drug-likeness (QED) is 0.112. The molecule has 0 spiro atoms. The Labute approximate surface area is 378 Å². The normalized spacial score (nSPS) is 18.5. The van der Waals surface area contributed by atoms with Gasteiger partial charge in [0, 0.05) is 39.9 Å². The van der Waals surface area contributed by atoms with Crippen LogP contribution in [0.4, 0.5) is 5.69 Å². The van der Waals surface area contributed by atoms with Crippen molar-refractivity contribution in [2.24, 2.45) is 23.7 Å². The van der Waals surface area contributed by atoms with E-state index in [1.807, 2.05) is 90.9 Å². The SMILES string of the molecule is CC[C@H](C)[C@@H]([C@@H](CC(=O)N1CCC[C@H]1[C@H](OC)[C@@H](C)C(=O)N[C@@H](Cc1ccccc1)C(=O)NS(=O)Cc1ccc(N)cc1)OC)N(C)C(=O)[C@@H](NC(=O)[C@H](C(C)C)N(C)C)C(C)C. The van der Waals surface area contributed by atoms with Crippen LogP contribution in [0.5, 0.6) is 0 Å². The molecular formula is C47H75N7O8S. The number of carbonyl (C=O) groups is 5. The summed E-state index contributed by atoms with van der Waals surface area (Å²) in [6.45, 7) is 14.0. The molecular weight excluding hydrogens is 823 g/mol. The second-order valence-electron chi connectivity index (χ2n) is 17.9. The first-order valence-corrected chi connectivity index (χ1v) is 23.5. The third-order valence-corrected chi connectivity index (χ3v) is 13.4. The van der Waals surface area contributed by atoms with Gasteiger partial charge in [-0.1, -0.05) is 97.4 Å². The van der Waals surface area contributed by atoms with Gasteiger partial charge in [-0.05, 0) is 68.0 Å². The first-order valence-electron chi connectivity index (χ1n) is 22.2.